The average molecular weight is 439 g/mol. The molecular formula is C22H22N4O4S. The van der Waals surface area contributed by atoms with Crippen LogP contribution in [0, 0.1) is 0 Å². The van der Waals surface area contributed by atoms with Crippen LogP contribution in [0.2, 0.25) is 0 Å². The number of hydrogen-bond acceptors (Lipinski definition) is 6. The Morgan fingerprint density at radius 1 is 1.13 bits per heavy atom. The number of carboxylic acid groups (broad SMARTS) is 1. The molecule has 5 rings (SSSR count). The number of carbonyl (C=O) groups is 2. The van der Waals surface area contributed by atoms with Crippen molar-refractivity contribution in [2.24, 2.45) is 0 Å². The highest BCUT2D eigenvalue weighted by molar-refractivity contribution is 7.20. The van der Waals surface area contributed by atoms with Crippen LogP contribution in [0.5, 0.6) is 10.9 Å². The van der Waals surface area contributed by atoms with Crippen molar-refractivity contribution in [1.29, 1.82) is 0 Å². The molecule has 2 atom stereocenters. The fourth-order valence-electron chi connectivity index (χ4n) is 4.39. The number of benzene rings is 2. The highest BCUT2D eigenvalue weighted by Gasteiger charge is 2.44. The first kappa shape index (κ1) is 19.8. The molecule has 2 bridgehead atoms. The van der Waals surface area contributed by atoms with E-state index in [1.54, 1.807) is 0 Å². The van der Waals surface area contributed by atoms with E-state index in [4.69, 9.17) is 9.84 Å². The number of nitrogens with one attached hydrogen (secondary N) is 1. The average Bonchev–Trinajstić information content (AvgIpc) is 3.46. The Hall–Kier alpha value is -3.17. The predicted molar refractivity (Wildman–Crippen MR) is 116 cm³/mol. The second-order valence-corrected chi connectivity index (χ2v) is 8.86. The van der Waals surface area contributed by atoms with Gasteiger partial charge >= 0.3 is 6.09 Å². The largest absolute Gasteiger partial charge is 0.465 e. The van der Waals surface area contributed by atoms with Crippen LogP contribution in [-0.2, 0) is 11.3 Å². The summed E-state index contributed by atoms with van der Waals surface area (Å²) in [5.74, 6) is 0.611. The fraction of sp³-hybridized carbons (Fsp3) is 0.318. The molecule has 0 spiro atoms. The van der Waals surface area contributed by atoms with Crippen LogP contribution in [0.4, 0.5) is 4.79 Å². The molecule has 2 saturated heterocycles. The van der Waals surface area contributed by atoms with Gasteiger partial charge in [0, 0.05) is 31.7 Å². The Bertz CT molecular complexity index is 1080. The normalized spacial score (nSPS) is 20.3. The third-order valence-corrected chi connectivity index (χ3v) is 6.77. The smallest absolute Gasteiger partial charge is 0.405 e. The number of aromatic nitrogens is 1. The van der Waals surface area contributed by atoms with E-state index < -0.39 is 6.09 Å². The van der Waals surface area contributed by atoms with Crippen molar-refractivity contribution in [3.8, 4) is 10.9 Å². The van der Waals surface area contributed by atoms with E-state index in [2.05, 4.69) is 27.3 Å². The predicted octanol–water partition coefficient (Wildman–Crippen LogP) is 3.14. The number of fused-ring (bicyclic) bond motifs is 3. The number of para-hydroxylation sites is 1. The Labute approximate surface area is 183 Å². The summed E-state index contributed by atoms with van der Waals surface area (Å²) in [4.78, 5) is 31.5. The highest BCUT2D eigenvalue weighted by atomic mass is 32.1. The topological polar surface area (TPSA) is 95.0 Å². The minimum absolute atomic E-state index is 0.147. The lowest BCUT2D eigenvalue weighted by Gasteiger charge is -2.34. The van der Waals surface area contributed by atoms with Crippen molar-refractivity contribution in [3.05, 3.63) is 54.1 Å². The van der Waals surface area contributed by atoms with Gasteiger partial charge in [-0.25, -0.2) is 9.78 Å². The third kappa shape index (κ3) is 4.19. The van der Waals surface area contributed by atoms with Gasteiger partial charge in [-0.05, 0) is 36.2 Å². The molecule has 0 unspecified atom stereocenters. The maximum Gasteiger partial charge on any atom is 0.405 e. The zero-order chi connectivity index (χ0) is 21.4. The monoisotopic (exact) mass is 438 g/mol. The zero-order valence-electron chi connectivity index (χ0n) is 16.7. The molecule has 8 nitrogen and oxygen atoms in total. The van der Waals surface area contributed by atoms with Crippen LogP contribution in [0.25, 0.3) is 10.2 Å². The number of thiazole rings is 1. The number of nitrogens with zero attached hydrogens (tertiary/aromatic N) is 3. The van der Waals surface area contributed by atoms with Crippen LogP contribution in [0.3, 0.4) is 0 Å². The van der Waals surface area contributed by atoms with Gasteiger partial charge in [-0.1, -0.05) is 35.6 Å². The first-order chi connectivity index (χ1) is 15.0. The van der Waals surface area contributed by atoms with Crippen LogP contribution >= 0.6 is 11.3 Å². The van der Waals surface area contributed by atoms with Crippen molar-refractivity contribution in [3.63, 3.8) is 0 Å². The minimum Gasteiger partial charge on any atom is -0.465 e. The molecule has 2 N–H and O–H groups in total. The van der Waals surface area contributed by atoms with Crippen LogP contribution in [0.15, 0.2) is 48.5 Å². The number of rotatable bonds is 6. The van der Waals surface area contributed by atoms with Crippen molar-refractivity contribution < 1.29 is 19.4 Å². The van der Waals surface area contributed by atoms with E-state index >= 15 is 0 Å². The number of piperazine rings is 1. The maximum absolute atomic E-state index is 12.2. The summed E-state index contributed by atoms with van der Waals surface area (Å²) < 4.78 is 7.02. The van der Waals surface area contributed by atoms with Gasteiger partial charge in [-0.3, -0.25) is 9.69 Å². The van der Waals surface area contributed by atoms with Gasteiger partial charge in [0.15, 0.2) is 0 Å². The first-order valence-corrected chi connectivity index (χ1v) is 11.0. The van der Waals surface area contributed by atoms with Crippen LogP contribution in [-0.4, -0.2) is 63.6 Å². The maximum atomic E-state index is 12.2. The third-order valence-electron chi connectivity index (χ3n) is 5.85. The quantitative estimate of drug-likeness (QED) is 0.614. The lowest BCUT2D eigenvalue weighted by molar-refractivity contribution is -0.132. The molecule has 9 heteroatoms. The second kappa shape index (κ2) is 8.16. The molecule has 0 saturated carbocycles. The van der Waals surface area contributed by atoms with Gasteiger partial charge in [-0.15, -0.1) is 0 Å². The van der Waals surface area contributed by atoms with Crippen LogP contribution < -0.4 is 10.1 Å². The van der Waals surface area contributed by atoms with Gasteiger partial charge in [-0.2, -0.15) is 0 Å². The summed E-state index contributed by atoms with van der Waals surface area (Å²) in [6.07, 6.45) is -0.229. The van der Waals surface area contributed by atoms with E-state index in [-0.39, 0.29) is 18.5 Å². The molecule has 2 amide bonds. The minimum atomic E-state index is -1.17. The van der Waals surface area contributed by atoms with Crippen molar-refractivity contribution in [2.45, 2.75) is 25.0 Å². The van der Waals surface area contributed by atoms with Crippen molar-refractivity contribution >= 4 is 33.6 Å². The van der Waals surface area contributed by atoms with Gasteiger partial charge in [0.25, 0.3) is 5.19 Å². The molecule has 2 aromatic carbocycles. The number of amides is 2. The molecule has 2 aliphatic rings. The summed E-state index contributed by atoms with van der Waals surface area (Å²) in [6, 6.07) is 16.5. The van der Waals surface area contributed by atoms with Gasteiger partial charge < -0.3 is 20.1 Å². The number of carbonyl (C=O) groups excluding carboxylic acids is 1. The molecule has 3 heterocycles. The molecule has 2 aliphatic heterocycles. The molecule has 31 heavy (non-hydrogen) atoms. The number of hydrogen-bond donors (Lipinski definition) is 2. The molecule has 0 radical (unpaired) electrons. The fourth-order valence-corrected chi connectivity index (χ4v) is 5.23. The van der Waals surface area contributed by atoms with Crippen molar-refractivity contribution in [1.82, 2.24) is 20.1 Å². The SMILES string of the molecule is O=C(O)NCC(=O)N1C[C@H]2C[C@@H]1CN2Cc1ccc(Oc2nc3ccccc3s2)cc1. The Kier molecular flexibility index (Phi) is 5.21. The Morgan fingerprint density at radius 2 is 1.94 bits per heavy atom. The summed E-state index contributed by atoms with van der Waals surface area (Å²) in [5.41, 5.74) is 2.13. The van der Waals surface area contributed by atoms with E-state index in [1.807, 2.05) is 41.3 Å². The van der Waals surface area contributed by atoms with E-state index in [1.165, 1.54) is 16.9 Å². The van der Waals surface area contributed by atoms with Crippen molar-refractivity contribution in [2.75, 3.05) is 19.6 Å². The summed E-state index contributed by atoms with van der Waals surface area (Å²) >= 11 is 1.53. The number of likely N-dealkylation sites (tertiary alicyclic amines) is 2. The standard InChI is InChI=1S/C22H22N4O4S/c27-20(10-23-21(28)29)26-13-15-9-16(26)12-25(15)11-14-5-7-17(8-6-14)30-22-24-18-3-1-2-4-19(18)31-22/h1-8,15-16,23H,9-13H2,(H,28,29)/t15-,16-/m1/s1. The summed E-state index contributed by atoms with van der Waals surface area (Å²) in [7, 11) is 0. The Morgan fingerprint density at radius 3 is 2.65 bits per heavy atom. The highest BCUT2D eigenvalue weighted by Crippen LogP contribution is 2.33. The zero-order valence-corrected chi connectivity index (χ0v) is 17.5. The van der Waals surface area contributed by atoms with E-state index in [0.717, 1.165) is 35.5 Å². The molecule has 1 aromatic heterocycles. The summed E-state index contributed by atoms with van der Waals surface area (Å²) in [6.45, 7) is 2.13. The van der Waals surface area contributed by atoms with E-state index in [9.17, 15) is 9.59 Å². The molecule has 160 valence electrons. The van der Waals surface area contributed by atoms with Gasteiger partial charge in [0.2, 0.25) is 5.91 Å². The number of ether oxygens (including phenoxy) is 1. The lowest BCUT2D eigenvalue weighted by atomic mass is 10.2. The van der Waals surface area contributed by atoms with Gasteiger partial charge in [0.05, 0.1) is 10.2 Å². The molecule has 0 aliphatic carbocycles. The molecule has 2 fully saturated rings. The lowest BCUT2D eigenvalue weighted by Crippen LogP contribution is -2.50. The molecular weight excluding hydrogens is 416 g/mol. The first-order valence-electron chi connectivity index (χ1n) is 10.2. The van der Waals surface area contributed by atoms with Crippen LogP contribution in [0.1, 0.15) is 12.0 Å². The van der Waals surface area contributed by atoms with Gasteiger partial charge in [0.1, 0.15) is 12.3 Å². The second-order valence-electron chi connectivity index (χ2n) is 7.87. The van der Waals surface area contributed by atoms with E-state index in [0.29, 0.717) is 17.8 Å². The summed E-state index contributed by atoms with van der Waals surface area (Å²) in [5, 5.41) is 11.5. The molecule has 3 aromatic rings. The Balaban J connectivity index is 1.16.